The van der Waals surface area contributed by atoms with Crippen molar-refractivity contribution in [2.45, 2.75) is 6.92 Å². The van der Waals surface area contributed by atoms with Crippen molar-refractivity contribution < 1.29 is 14.6 Å². The summed E-state index contributed by atoms with van der Waals surface area (Å²) in [6.07, 6.45) is 1.53. The average Bonchev–Trinajstić information content (AvgIpc) is 3.23. The van der Waals surface area contributed by atoms with Crippen LogP contribution in [0.25, 0.3) is 34.2 Å². The van der Waals surface area contributed by atoms with Crippen molar-refractivity contribution in [2.75, 3.05) is 7.11 Å². The van der Waals surface area contributed by atoms with E-state index in [0.717, 1.165) is 28.1 Å². The van der Waals surface area contributed by atoms with Crippen molar-refractivity contribution in [1.82, 2.24) is 9.97 Å². The van der Waals surface area contributed by atoms with Crippen molar-refractivity contribution in [3.8, 4) is 28.3 Å². The number of nitrogens with zero attached hydrogens (tertiary/aromatic N) is 1. The Balaban J connectivity index is 1.88. The lowest BCUT2D eigenvalue weighted by molar-refractivity contribution is -0.130. The van der Waals surface area contributed by atoms with E-state index >= 15 is 0 Å². The predicted octanol–water partition coefficient (Wildman–Crippen LogP) is 6.99. The second kappa shape index (κ2) is 9.53. The zero-order valence-electron chi connectivity index (χ0n) is 17.9. The number of nitrogens with one attached hydrogen (secondary N) is 1. The van der Waals surface area contributed by atoms with E-state index in [-0.39, 0.29) is 5.57 Å². The highest BCUT2D eigenvalue weighted by Crippen LogP contribution is 2.35. The van der Waals surface area contributed by atoms with Gasteiger partial charge < -0.3 is 14.8 Å². The van der Waals surface area contributed by atoms with Crippen LogP contribution in [-0.2, 0) is 4.79 Å². The maximum atomic E-state index is 12.0. The van der Waals surface area contributed by atoms with Crippen molar-refractivity contribution in [2.24, 2.45) is 0 Å². The first-order valence-corrected chi connectivity index (χ1v) is 10.8. The van der Waals surface area contributed by atoms with Gasteiger partial charge >= 0.3 is 5.97 Å². The Morgan fingerprint density at radius 1 is 1.00 bits per heavy atom. The van der Waals surface area contributed by atoms with Crippen LogP contribution in [0.3, 0.4) is 0 Å². The fourth-order valence-electron chi connectivity index (χ4n) is 3.50. The Bertz CT molecular complexity index is 1360. The molecular formula is C26H20Cl2N2O3. The molecule has 0 saturated carbocycles. The molecule has 1 heterocycles. The average molecular weight is 479 g/mol. The smallest absolute Gasteiger partial charge is 0.336 e. The predicted molar refractivity (Wildman–Crippen MR) is 133 cm³/mol. The van der Waals surface area contributed by atoms with Gasteiger partial charge in [0.15, 0.2) is 0 Å². The summed E-state index contributed by atoms with van der Waals surface area (Å²) in [5.41, 5.74) is 4.65. The number of aliphatic carboxylic acids is 1. The highest BCUT2D eigenvalue weighted by Gasteiger charge is 2.17. The van der Waals surface area contributed by atoms with Crippen molar-refractivity contribution in [3.63, 3.8) is 0 Å². The molecule has 0 bridgehead atoms. The molecule has 0 aliphatic heterocycles. The fourth-order valence-corrected chi connectivity index (χ4v) is 3.79. The molecule has 1 aromatic heterocycles. The second-order valence-corrected chi connectivity index (χ2v) is 8.25. The zero-order valence-corrected chi connectivity index (χ0v) is 19.4. The Morgan fingerprint density at radius 3 is 2.36 bits per heavy atom. The highest BCUT2D eigenvalue weighted by molar-refractivity contribution is 6.42. The number of rotatable bonds is 6. The highest BCUT2D eigenvalue weighted by atomic mass is 35.5. The molecule has 0 amide bonds. The molecule has 0 aliphatic rings. The second-order valence-electron chi connectivity index (χ2n) is 7.44. The van der Waals surface area contributed by atoms with Gasteiger partial charge in [0.1, 0.15) is 11.6 Å². The summed E-state index contributed by atoms with van der Waals surface area (Å²) in [5, 5.41) is 10.7. The van der Waals surface area contributed by atoms with E-state index in [4.69, 9.17) is 32.9 Å². The first-order valence-electron chi connectivity index (χ1n) is 10.1. The van der Waals surface area contributed by atoms with Gasteiger partial charge in [0.2, 0.25) is 0 Å². The number of carbonyl (C=O) groups is 1. The summed E-state index contributed by atoms with van der Waals surface area (Å²) in [6.45, 7) is 1.92. The summed E-state index contributed by atoms with van der Waals surface area (Å²) in [4.78, 5) is 20.0. The van der Waals surface area contributed by atoms with E-state index < -0.39 is 5.97 Å². The molecule has 5 nitrogen and oxygen atoms in total. The molecular weight excluding hydrogens is 459 g/mol. The Hall–Kier alpha value is -3.54. The number of aryl methyl sites for hydroxylation is 1. The van der Waals surface area contributed by atoms with E-state index in [1.807, 2.05) is 55.5 Å². The van der Waals surface area contributed by atoms with Crippen LogP contribution in [0.5, 0.6) is 5.75 Å². The molecule has 3 aromatic carbocycles. The number of methoxy groups -OCH3 is 1. The molecule has 4 rings (SSSR count). The van der Waals surface area contributed by atoms with Gasteiger partial charge in [-0.3, -0.25) is 0 Å². The van der Waals surface area contributed by atoms with Gasteiger partial charge in [-0.25, -0.2) is 9.78 Å². The summed E-state index contributed by atoms with van der Waals surface area (Å²) < 4.78 is 5.26. The third-order valence-corrected chi connectivity index (χ3v) is 5.87. The molecule has 0 aliphatic carbocycles. The lowest BCUT2D eigenvalue weighted by atomic mass is 10.0. The molecule has 0 radical (unpaired) electrons. The zero-order chi connectivity index (χ0) is 23.5. The van der Waals surface area contributed by atoms with Crippen LogP contribution in [0, 0.1) is 6.92 Å². The van der Waals surface area contributed by atoms with Crippen LogP contribution in [0.2, 0.25) is 10.0 Å². The van der Waals surface area contributed by atoms with E-state index in [9.17, 15) is 9.90 Å². The summed E-state index contributed by atoms with van der Waals surface area (Å²) >= 11 is 12.4. The Labute approximate surface area is 201 Å². The monoisotopic (exact) mass is 478 g/mol. The first kappa shape index (κ1) is 22.6. The molecule has 0 spiro atoms. The Morgan fingerprint density at radius 2 is 1.73 bits per heavy atom. The quantitative estimate of drug-likeness (QED) is 0.292. The Kier molecular flexibility index (Phi) is 6.54. The molecule has 2 N–H and O–H groups in total. The number of carboxylic acid groups (broad SMARTS) is 1. The largest absolute Gasteiger partial charge is 0.497 e. The maximum Gasteiger partial charge on any atom is 0.336 e. The van der Waals surface area contributed by atoms with Crippen molar-refractivity contribution in [3.05, 3.63) is 93.7 Å². The van der Waals surface area contributed by atoms with E-state index in [0.29, 0.717) is 27.1 Å². The molecule has 33 heavy (non-hydrogen) atoms. The lowest BCUT2D eigenvalue weighted by Crippen LogP contribution is -2.00. The number of H-pyrrole nitrogens is 1. The first-order chi connectivity index (χ1) is 15.9. The molecule has 166 valence electrons. The van der Waals surface area contributed by atoms with Gasteiger partial charge in [-0.2, -0.15) is 0 Å². The minimum atomic E-state index is -1.04. The summed E-state index contributed by atoms with van der Waals surface area (Å²) in [5.74, 6) is 0.0852. The van der Waals surface area contributed by atoms with Gasteiger partial charge in [-0.1, -0.05) is 59.1 Å². The molecule has 0 saturated heterocycles. The summed E-state index contributed by atoms with van der Waals surface area (Å²) in [7, 11) is 1.61. The van der Waals surface area contributed by atoms with Gasteiger partial charge in [0, 0.05) is 11.1 Å². The lowest BCUT2D eigenvalue weighted by Gasteiger charge is -2.06. The molecule has 4 aromatic rings. The number of benzene rings is 3. The third-order valence-electron chi connectivity index (χ3n) is 5.13. The number of ether oxygens (including phenoxy) is 1. The molecule has 0 atom stereocenters. The number of aromatic amines is 1. The standard InChI is InChI=1S/C26H20Cl2N2O3/c1-15-4-3-5-17(12-15)20(26(31)32)14-23-29-24(16-6-9-19(33-2)10-7-16)25(30-23)18-8-11-21(27)22(28)13-18/h3-14H,1-2H3,(H,29,30)(H,31,32)/b20-14+. The fraction of sp³-hybridized carbons (Fsp3) is 0.0769. The minimum absolute atomic E-state index is 0.134. The normalized spacial score (nSPS) is 11.5. The van der Waals surface area contributed by atoms with Crippen molar-refractivity contribution >= 4 is 40.8 Å². The van der Waals surface area contributed by atoms with E-state index in [1.165, 1.54) is 6.08 Å². The molecule has 7 heteroatoms. The topological polar surface area (TPSA) is 75.2 Å². The van der Waals surface area contributed by atoms with Gasteiger partial charge in [0.25, 0.3) is 0 Å². The third kappa shape index (κ3) is 4.95. The van der Waals surface area contributed by atoms with Gasteiger partial charge in [-0.15, -0.1) is 0 Å². The molecule has 0 fully saturated rings. The van der Waals surface area contributed by atoms with E-state index in [2.05, 4.69) is 4.98 Å². The number of halogens is 2. The maximum absolute atomic E-state index is 12.0. The van der Waals surface area contributed by atoms with Crippen molar-refractivity contribution in [1.29, 1.82) is 0 Å². The van der Waals surface area contributed by atoms with Crippen LogP contribution in [-0.4, -0.2) is 28.2 Å². The number of carboxylic acids is 1. The minimum Gasteiger partial charge on any atom is -0.497 e. The van der Waals surface area contributed by atoms with E-state index in [1.54, 1.807) is 25.3 Å². The molecule has 0 unspecified atom stereocenters. The number of aromatic nitrogens is 2. The number of imidazole rings is 1. The number of hydrogen-bond acceptors (Lipinski definition) is 3. The van der Waals surface area contributed by atoms with Crippen LogP contribution < -0.4 is 4.74 Å². The van der Waals surface area contributed by atoms with Gasteiger partial charge in [-0.05, 0) is 55.0 Å². The van der Waals surface area contributed by atoms with Crippen LogP contribution in [0.15, 0.2) is 66.7 Å². The number of hydrogen-bond donors (Lipinski definition) is 2. The van der Waals surface area contributed by atoms with Crippen LogP contribution in [0.1, 0.15) is 17.0 Å². The van der Waals surface area contributed by atoms with Crippen LogP contribution in [0.4, 0.5) is 0 Å². The van der Waals surface area contributed by atoms with Crippen LogP contribution >= 0.6 is 23.2 Å². The SMILES string of the molecule is COc1ccc(-c2[nH]c(/C=C(/C(=O)O)c3cccc(C)c3)nc2-c2ccc(Cl)c(Cl)c2)cc1. The van der Waals surface area contributed by atoms with Gasteiger partial charge in [0.05, 0.1) is 34.1 Å². The summed E-state index contributed by atoms with van der Waals surface area (Å²) in [6, 6.07) is 20.1.